The van der Waals surface area contributed by atoms with Gasteiger partial charge in [-0.15, -0.1) is 0 Å². The van der Waals surface area contributed by atoms with E-state index in [1.807, 2.05) is 50.2 Å². The van der Waals surface area contributed by atoms with Gasteiger partial charge in [-0.25, -0.2) is 0 Å². The molecule has 5 rings (SSSR count). The molecule has 4 aromatic carbocycles. The summed E-state index contributed by atoms with van der Waals surface area (Å²) in [5.74, 6) is -0.539. The summed E-state index contributed by atoms with van der Waals surface area (Å²) in [6.07, 6.45) is 3.36. The van der Waals surface area contributed by atoms with Crippen LogP contribution in [0.25, 0.3) is 22.0 Å². The molecule has 0 radical (unpaired) electrons. The van der Waals surface area contributed by atoms with Crippen LogP contribution in [0.15, 0.2) is 103 Å². The summed E-state index contributed by atoms with van der Waals surface area (Å²) in [6, 6.07) is 35.2. The molecule has 0 bridgehead atoms. The Morgan fingerprint density at radius 1 is 0.889 bits per heavy atom. The smallest absolute Gasteiger partial charge is 0.550 e. The quantitative estimate of drug-likeness (QED) is 0.180. The summed E-state index contributed by atoms with van der Waals surface area (Å²) in [4.78, 5) is 15.9. The maximum atomic E-state index is 11.1. The summed E-state index contributed by atoms with van der Waals surface area (Å²) in [6.45, 7) is 3.62. The van der Waals surface area contributed by atoms with Crippen molar-refractivity contribution in [2.45, 2.75) is 56.8 Å². The molecule has 5 aromatic rings. The van der Waals surface area contributed by atoms with E-state index in [-0.39, 0.29) is 41.2 Å². The van der Waals surface area contributed by atoms with Crippen molar-refractivity contribution in [3.05, 3.63) is 136 Å². The Bertz CT molecular complexity index is 1740. The van der Waals surface area contributed by atoms with Crippen LogP contribution in [0.2, 0.25) is 5.02 Å². The maximum absolute atomic E-state index is 11.1. The molecule has 0 aliphatic heterocycles. The van der Waals surface area contributed by atoms with Crippen molar-refractivity contribution in [1.82, 2.24) is 4.98 Å². The molecule has 45 heavy (non-hydrogen) atoms. The molecule has 1 atom stereocenters. The number of nitrogens with zero attached hydrogens (tertiary/aromatic N) is 1. The topological polar surface area (TPSA) is 73.2 Å². The van der Waals surface area contributed by atoms with Crippen molar-refractivity contribution < 1.29 is 44.6 Å². The average molecular weight is 646 g/mol. The van der Waals surface area contributed by atoms with Gasteiger partial charge in [-0.3, -0.25) is 4.98 Å². The fourth-order valence-electron chi connectivity index (χ4n) is 5.59. The van der Waals surface area contributed by atoms with E-state index >= 15 is 0 Å². The SMILES string of the molecule is CC(C)(O)c1ccccc1CCC(SCCC(=O)[O-])c1ccc(-c2cccc(CCc3ccc4ccc(Cl)cc4n3)c2)cc1.[Na+]. The van der Waals surface area contributed by atoms with Crippen LogP contribution in [0.4, 0.5) is 0 Å². The molecule has 4 nitrogen and oxygen atoms in total. The van der Waals surface area contributed by atoms with Crippen LogP contribution in [0.1, 0.15) is 59.9 Å². The zero-order valence-electron chi connectivity index (χ0n) is 26.1. The first kappa shape index (κ1) is 35.2. The van der Waals surface area contributed by atoms with Crippen LogP contribution in [-0.2, 0) is 29.7 Å². The second kappa shape index (κ2) is 16.3. The summed E-state index contributed by atoms with van der Waals surface area (Å²) in [5.41, 5.74) is 7.79. The summed E-state index contributed by atoms with van der Waals surface area (Å²) in [5, 5.41) is 23.7. The molecule has 7 heteroatoms. The Hall–Kier alpha value is -2.64. The third-order valence-corrected chi connectivity index (χ3v) is 9.49. The van der Waals surface area contributed by atoms with Gasteiger partial charge in [-0.2, -0.15) is 11.8 Å². The van der Waals surface area contributed by atoms with Crippen molar-refractivity contribution in [1.29, 1.82) is 0 Å². The molecule has 1 unspecified atom stereocenters. The number of rotatable bonds is 13. The molecule has 1 heterocycles. The summed E-state index contributed by atoms with van der Waals surface area (Å²) >= 11 is 7.82. The Kier molecular flexibility index (Phi) is 12.7. The molecule has 0 spiro atoms. The monoisotopic (exact) mass is 645 g/mol. The van der Waals surface area contributed by atoms with Crippen molar-refractivity contribution in [2.24, 2.45) is 0 Å². The molecule has 1 aromatic heterocycles. The van der Waals surface area contributed by atoms with Gasteiger partial charge in [0.1, 0.15) is 0 Å². The van der Waals surface area contributed by atoms with Gasteiger partial charge < -0.3 is 15.0 Å². The minimum Gasteiger partial charge on any atom is -0.550 e. The first-order valence-electron chi connectivity index (χ1n) is 15.0. The van der Waals surface area contributed by atoms with Crippen molar-refractivity contribution in [3.8, 4) is 11.1 Å². The number of aliphatic carboxylic acids is 1. The number of hydrogen-bond donors (Lipinski definition) is 1. The van der Waals surface area contributed by atoms with Gasteiger partial charge >= 0.3 is 29.6 Å². The number of carbonyl (C=O) groups is 1. The number of fused-ring (bicyclic) bond motifs is 1. The largest absolute Gasteiger partial charge is 1.00 e. The number of halogens is 1. The molecule has 226 valence electrons. The van der Waals surface area contributed by atoms with Gasteiger partial charge in [0.2, 0.25) is 0 Å². The van der Waals surface area contributed by atoms with Crippen LogP contribution in [0, 0.1) is 0 Å². The number of aromatic nitrogens is 1. The number of aryl methyl sites for hydroxylation is 3. The predicted molar refractivity (Wildman–Crippen MR) is 181 cm³/mol. The summed E-state index contributed by atoms with van der Waals surface area (Å²) in [7, 11) is 0. The number of carboxylic acid groups (broad SMARTS) is 1. The Balaban J connectivity index is 0.00000461. The Labute approximate surface area is 297 Å². The van der Waals surface area contributed by atoms with Crippen LogP contribution in [-0.4, -0.2) is 21.8 Å². The van der Waals surface area contributed by atoms with E-state index in [0.717, 1.165) is 70.1 Å². The number of pyridine rings is 1. The first-order chi connectivity index (χ1) is 21.2. The fraction of sp³-hybridized carbons (Fsp3) is 0.263. The molecule has 0 aliphatic carbocycles. The van der Waals surface area contributed by atoms with E-state index in [2.05, 4.69) is 66.7 Å². The predicted octanol–water partition coefficient (Wildman–Crippen LogP) is 5.12. The molecule has 0 fully saturated rings. The molecule has 0 saturated carbocycles. The van der Waals surface area contributed by atoms with Crippen LogP contribution >= 0.6 is 23.4 Å². The minimum atomic E-state index is -1.03. The van der Waals surface area contributed by atoms with E-state index in [0.29, 0.717) is 10.8 Å². The van der Waals surface area contributed by atoms with Crippen molar-refractivity contribution >= 4 is 40.2 Å². The standard InChI is InChI=1S/C38H38ClNO3S.Na/c1-38(2,43)34-9-4-3-7-28(34)17-21-36(44-23-22-37(41)42)30-13-11-27(12-14-30)31-8-5-6-26(24-31)10-19-33-20-16-29-15-18-32(39)25-35(29)40-33;/h3-9,11-16,18,20,24-25,36,43H,10,17,19,21-23H2,1-2H3,(H,41,42);/q;+1/p-1. The van der Waals surface area contributed by atoms with Gasteiger partial charge in [0.25, 0.3) is 0 Å². The minimum absolute atomic E-state index is 0. The van der Waals surface area contributed by atoms with E-state index in [1.165, 1.54) is 5.56 Å². The zero-order valence-corrected chi connectivity index (χ0v) is 29.7. The van der Waals surface area contributed by atoms with E-state index < -0.39 is 11.6 Å². The van der Waals surface area contributed by atoms with Crippen molar-refractivity contribution in [2.75, 3.05) is 5.75 Å². The van der Waals surface area contributed by atoms with Crippen LogP contribution in [0.5, 0.6) is 0 Å². The maximum Gasteiger partial charge on any atom is 1.00 e. The molecule has 0 saturated heterocycles. The van der Waals surface area contributed by atoms with E-state index in [4.69, 9.17) is 16.6 Å². The van der Waals surface area contributed by atoms with Crippen LogP contribution in [0.3, 0.4) is 0 Å². The van der Waals surface area contributed by atoms with Gasteiger partial charge in [-0.1, -0.05) is 96.5 Å². The molecule has 0 amide bonds. The normalized spacial score (nSPS) is 12.1. The van der Waals surface area contributed by atoms with Crippen molar-refractivity contribution in [3.63, 3.8) is 0 Å². The Morgan fingerprint density at radius 2 is 1.64 bits per heavy atom. The number of carbonyl (C=O) groups excluding carboxylic acids is 1. The second-order valence-corrected chi connectivity index (χ2v) is 13.4. The third-order valence-electron chi connectivity index (χ3n) is 7.90. The fourth-order valence-corrected chi connectivity index (χ4v) is 6.96. The molecular formula is C38H37ClNNaO3S. The first-order valence-corrected chi connectivity index (χ1v) is 16.4. The zero-order chi connectivity index (χ0) is 31.1. The van der Waals surface area contributed by atoms with Gasteiger partial charge in [-0.05, 0) is 103 Å². The van der Waals surface area contributed by atoms with E-state index in [1.54, 1.807) is 11.8 Å². The second-order valence-electron chi connectivity index (χ2n) is 11.7. The molecule has 0 aliphatic rings. The number of benzene rings is 4. The molecular weight excluding hydrogens is 609 g/mol. The number of thioether (sulfide) groups is 1. The summed E-state index contributed by atoms with van der Waals surface area (Å²) < 4.78 is 0. The average Bonchev–Trinajstić information content (AvgIpc) is 3.01. The Morgan fingerprint density at radius 3 is 2.40 bits per heavy atom. The van der Waals surface area contributed by atoms with E-state index in [9.17, 15) is 15.0 Å². The van der Waals surface area contributed by atoms with Gasteiger partial charge in [0.05, 0.1) is 11.1 Å². The molecule has 1 N–H and O–H groups in total. The van der Waals surface area contributed by atoms with Gasteiger partial charge in [0.15, 0.2) is 0 Å². The van der Waals surface area contributed by atoms with Crippen LogP contribution < -0.4 is 34.7 Å². The number of hydrogen-bond acceptors (Lipinski definition) is 5. The number of aliphatic hydroxyl groups is 1. The third kappa shape index (κ3) is 9.92. The number of carboxylic acids is 1. The van der Waals surface area contributed by atoms with Gasteiger partial charge in [0, 0.05) is 27.3 Å².